The highest BCUT2D eigenvalue weighted by Crippen LogP contribution is 2.23. The molecule has 21 heavy (non-hydrogen) atoms. The molecule has 2 aromatic rings. The van der Waals surface area contributed by atoms with Crippen LogP contribution in [0, 0.1) is 0 Å². The minimum Gasteiger partial charge on any atom is -0.335 e. The second kappa shape index (κ2) is 5.79. The van der Waals surface area contributed by atoms with Gasteiger partial charge in [0.1, 0.15) is 11.3 Å². The minimum atomic E-state index is 0.115. The van der Waals surface area contributed by atoms with Crippen LogP contribution in [0.25, 0.3) is 5.65 Å². The van der Waals surface area contributed by atoms with Crippen molar-refractivity contribution in [3.05, 3.63) is 34.2 Å². The first-order valence-corrected chi connectivity index (χ1v) is 8.38. The van der Waals surface area contributed by atoms with Crippen LogP contribution >= 0.6 is 15.9 Å². The van der Waals surface area contributed by atoms with Crippen LogP contribution in [0.3, 0.4) is 0 Å². The van der Waals surface area contributed by atoms with Gasteiger partial charge in [0.2, 0.25) is 0 Å². The highest BCUT2D eigenvalue weighted by atomic mass is 79.9. The van der Waals surface area contributed by atoms with E-state index in [2.05, 4.69) is 27.8 Å². The summed E-state index contributed by atoms with van der Waals surface area (Å²) in [7, 11) is 0. The van der Waals surface area contributed by atoms with E-state index in [9.17, 15) is 4.79 Å². The van der Waals surface area contributed by atoms with Crippen LogP contribution in [-0.2, 0) is 6.42 Å². The number of carbonyl (C=O) groups excluding carboxylic acids is 1. The first kappa shape index (κ1) is 14.6. The van der Waals surface area contributed by atoms with Gasteiger partial charge in [0.25, 0.3) is 5.91 Å². The molecule has 1 amide bonds. The number of halogens is 1. The Bertz CT molecular complexity index is 679. The highest BCUT2D eigenvalue weighted by Gasteiger charge is 2.28. The fourth-order valence-electron chi connectivity index (χ4n) is 3.08. The molecule has 0 bridgehead atoms. The maximum absolute atomic E-state index is 13.0. The molecule has 1 unspecified atom stereocenters. The number of imidazole rings is 1. The third-order valence-electron chi connectivity index (χ3n) is 4.26. The average Bonchev–Trinajstić information content (AvgIpc) is 2.84. The Labute approximate surface area is 133 Å². The first-order valence-electron chi connectivity index (χ1n) is 7.59. The molecule has 5 heteroatoms. The predicted octanol–water partition coefficient (Wildman–Crippen LogP) is 3.67. The van der Waals surface area contributed by atoms with Crippen LogP contribution in [0.15, 0.2) is 22.8 Å². The molecular weight excluding hydrogens is 330 g/mol. The Hall–Kier alpha value is -1.36. The van der Waals surface area contributed by atoms with E-state index in [-0.39, 0.29) is 5.91 Å². The fourth-order valence-corrected chi connectivity index (χ4v) is 3.41. The van der Waals surface area contributed by atoms with Crippen molar-refractivity contribution in [1.29, 1.82) is 0 Å². The molecule has 4 nitrogen and oxygen atoms in total. The quantitative estimate of drug-likeness (QED) is 0.829. The van der Waals surface area contributed by atoms with Gasteiger partial charge in [-0.05, 0) is 60.7 Å². The van der Waals surface area contributed by atoms with Gasteiger partial charge in [-0.25, -0.2) is 4.98 Å². The highest BCUT2D eigenvalue weighted by molar-refractivity contribution is 9.10. The maximum Gasteiger partial charge on any atom is 0.273 e. The molecule has 2 aromatic heterocycles. The Balaban J connectivity index is 2.09. The number of pyridine rings is 1. The van der Waals surface area contributed by atoms with Crippen LogP contribution in [0.1, 0.15) is 49.3 Å². The summed E-state index contributed by atoms with van der Waals surface area (Å²) in [6.07, 6.45) is 6.10. The van der Waals surface area contributed by atoms with E-state index >= 15 is 0 Å². The van der Waals surface area contributed by atoms with E-state index in [0.29, 0.717) is 6.04 Å². The number of carbonyl (C=O) groups is 1. The molecule has 0 aromatic carbocycles. The molecule has 0 radical (unpaired) electrons. The van der Waals surface area contributed by atoms with Crippen molar-refractivity contribution in [2.24, 2.45) is 0 Å². The van der Waals surface area contributed by atoms with E-state index in [1.807, 2.05) is 34.6 Å². The van der Waals surface area contributed by atoms with Crippen molar-refractivity contribution in [1.82, 2.24) is 14.3 Å². The van der Waals surface area contributed by atoms with Crippen molar-refractivity contribution in [3.8, 4) is 0 Å². The van der Waals surface area contributed by atoms with E-state index in [4.69, 9.17) is 0 Å². The first-order chi connectivity index (χ1) is 10.1. The minimum absolute atomic E-state index is 0.115. The number of amides is 1. The molecule has 1 fully saturated rings. The van der Waals surface area contributed by atoms with Gasteiger partial charge in [0.15, 0.2) is 0 Å². The van der Waals surface area contributed by atoms with Crippen molar-refractivity contribution in [2.75, 3.05) is 6.54 Å². The molecule has 0 aliphatic carbocycles. The Morgan fingerprint density at radius 3 is 2.95 bits per heavy atom. The lowest BCUT2D eigenvalue weighted by Gasteiger charge is -2.33. The lowest BCUT2D eigenvalue weighted by molar-refractivity contribution is 0.0627. The number of rotatable bonds is 2. The number of hydrogen-bond acceptors (Lipinski definition) is 2. The van der Waals surface area contributed by atoms with E-state index in [0.717, 1.165) is 47.3 Å². The number of nitrogens with zero attached hydrogens (tertiary/aromatic N) is 3. The van der Waals surface area contributed by atoms with E-state index in [1.165, 1.54) is 6.42 Å². The third-order valence-corrected chi connectivity index (χ3v) is 4.73. The van der Waals surface area contributed by atoms with Crippen LogP contribution in [0.5, 0.6) is 0 Å². The van der Waals surface area contributed by atoms with Crippen molar-refractivity contribution in [3.63, 3.8) is 0 Å². The molecule has 112 valence electrons. The van der Waals surface area contributed by atoms with Gasteiger partial charge < -0.3 is 4.90 Å². The second-order valence-electron chi connectivity index (χ2n) is 5.68. The number of hydrogen-bond donors (Lipinski definition) is 0. The molecule has 1 aliphatic rings. The van der Waals surface area contributed by atoms with Crippen molar-refractivity contribution >= 4 is 27.5 Å². The number of aromatic nitrogens is 2. The number of likely N-dealkylation sites (tertiary alicyclic amines) is 1. The normalized spacial score (nSPS) is 19.2. The molecule has 1 atom stereocenters. The van der Waals surface area contributed by atoms with Gasteiger partial charge >= 0.3 is 0 Å². The van der Waals surface area contributed by atoms with E-state index < -0.39 is 0 Å². The van der Waals surface area contributed by atoms with Crippen LogP contribution in [0.4, 0.5) is 0 Å². The number of aryl methyl sites for hydroxylation is 1. The lowest BCUT2D eigenvalue weighted by Crippen LogP contribution is -2.42. The van der Waals surface area contributed by atoms with Gasteiger partial charge in [-0.15, -0.1) is 0 Å². The van der Waals surface area contributed by atoms with Crippen LogP contribution in [0.2, 0.25) is 0 Å². The Morgan fingerprint density at radius 2 is 2.24 bits per heavy atom. The second-order valence-corrected chi connectivity index (χ2v) is 6.60. The smallest absolute Gasteiger partial charge is 0.273 e. The van der Waals surface area contributed by atoms with Gasteiger partial charge in [0.05, 0.1) is 5.69 Å². The summed E-state index contributed by atoms with van der Waals surface area (Å²) in [5.41, 5.74) is 2.45. The summed E-state index contributed by atoms with van der Waals surface area (Å²) in [6.45, 7) is 5.04. The summed E-state index contributed by atoms with van der Waals surface area (Å²) in [4.78, 5) is 19.6. The fraction of sp³-hybridized carbons (Fsp3) is 0.500. The molecule has 1 saturated heterocycles. The zero-order valence-electron chi connectivity index (χ0n) is 12.5. The molecule has 0 spiro atoms. The van der Waals surface area contributed by atoms with Gasteiger partial charge in [-0.1, -0.05) is 6.92 Å². The molecule has 3 rings (SSSR count). The zero-order valence-corrected chi connectivity index (χ0v) is 14.1. The van der Waals surface area contributed by atoms with Crippen LogP contribution < -0.4 is 0 Å². The largest absolute Gasteiger partial charge is 0.335 e. The third kappa shape index (κ3) is 2.59. The Kier molecular flexibility index (Phi) is 4.02. The molecule has 0 saturated carbocycles. The van der Waals surface area contributed by atoms with E-state index in [1.54, 1.807) is 0 Å². The summed E-state index contributed by atoms with van der Waals surface area (Å²) in [6, 6.07) is 4.22. The summed E-state index contributed by atoms with van der Waals surface area (Å²) in [5.74, 6) is 0.115. The molecule has 3 heterocycles. The maximum atomic E-state index is 13.0. The lowest BCUT2D eigenvalue weighted by atomic mass is 10.0. The molecular formula is C16H20BrN3O. The summed E-state index contributed by atoms with van der Waals surface area (Å²) < 4.78 is 2.88. The summed E-state index contributed by atoms with van der Waals surface area (Å²) >= 11 is 3.48. The average molecular weight is 350 g/mol. The molecule has 1 aliphatic heterocycles. The van der Waals surface area contributed by atoms with Gasteiger partial charge in [0, 0.05) is 23.3 Å². The SMILES string of the molecule is CCc1nc2ccc(Br)cn2c1C(=O)N1CCCCC1C. The van der Waals surface area contributed by atoms with Crippen LogP contribution in [-0.4, -0.2) is 32.8 Å². The monoisotopic (exact) mass is 349 g/mol. The Morgan fingerprint density at radius 1 is 1.43 bits per heavy atom. The number of piperidine rings is 1. The topological polar surface area (TPSA) is 37.6 Å². The van der Waals surface area contributed by atoms with Crippen molar-refractivity contribution < 1.29 is 4.79 Å². The zero-order chi connectivity index (χ0) is 15.0. The standard InChI is InChI=1S/C16H20BrN3O/c1-3-13-15(16(21)19-9-5-4-6-11(19)2)20-10-12(17)7-8-14(20)18-13/h7-8,10-11H,3-6,9H2,1-2H3. The number of fused-ring (bicyclic) bond motifs is 1. The van der Waals surface area contributed by atoms with Gasteiger partial charge in [-0.3, -0.25) is 9.20 Å². The van der Waals surface area contributed by atoms with Gasteiger partial charge in [-0.2, -0.15) is 0 Å². The summed E-state index contributed by atoms with van der Waals surface area (Å²) in [5, 5.41) is 0. The molecule has 0 N–H and O–H groups in total. The predicted molar refractivity (Wildman–Crippen MR) is 86.6 cm³/mol. The van der Waals surface area contributed by atoms with Crippen molar-refractivity contribution in [2.45, 2.75) is 45.6 Å².